The van der Waals surface area contributed by atoms with Crippen LogP contribution in [-0.4, -0.2) is 17.9 Å². The molecule has 0 spiro atoms. The summed E-state index contributed by atoms with van der Waals surface area (Å²) in [6.45, 7) is 16.3. The third-order valence-corrected chi connectivity index (χ3v) is 4.06. The first kappa shape index (κ1) is 25.7. The molecule has 0 bridgehead atoms. The Morgan fingerprint density at radius 2 is 0.733 bits per heavy atom. The zero-order valence-electron chi connectivity index (χ0n) is 19.8. The fourth-order valence-corrected chi connectivity index (χ4v) is 2.19. The molecule has 0 saturated carbocycles. The highest BCUT2D eigenvalue weighted by Gasteiger charge is 2.25. The van der Waals surface area contributed by atoms with Crippen LogP contribution in [0.15, 0.2) is 18.2 Å². The Kier molecular flexibility index (Phi) is 8.24. The smallest absolute Gasteiger partial charge is 0.311 e. The molecule has 0 amide bonds. The Balaban J connectivity index is 3.01. The highest BCUT2D eigenvalue weighted by molar-refractivity contribution is 5.76. The molecule has 0 radical (unpaired) electrons. The lowest BCUT2D eigenvalue weighted by atomic mass is 9.97. The topological polar surface area (TPSA) is 78.9 Å². The molecular formula is C24H36O6. The summed E-state index contributed by atoms with van der Waals surface area (Å²) in [5.74, 6) is -0.937. The maximum absolute atomic E-state index is 12.1. The molecule has 0 aromatic heterocycles. The average Bonchev–Trinajstić information content (AvgIpc) is 2.59. The standard InChI is InChI=1S/C24H36O6/c1-22(2,3)19(25)28-13-16-10-17(14-29-20(26)23(4,5)6)12-18(11-16)15-30-21(27)24(7,8)9/h10-12H,13-15H2,1-9H3. The van der Waals surface area contributed by atoms with Gasteiger partial charge in [-0.2, -0.15) is 0 Å². The third-order valence-electron chi connectivity index (χ3n) is 4.06. The van der Waals surface area contributed by atoms with Gasteiger partial charge in [-0.25, -0.2) is 0 Å². The fraction of sp³-hybridized carbons (Fsp3) is 0.625. The SMILES string of the molecule is CC(C)(C)C(=O)OCc1cc(COC(=O)C(C)(C)C)cc(COC(=O)C(C)(C)C)c1. The van der Waals surface area contributed by atoms with E-state index in [1.165, 1.54) is 0 Å². The van der Waals surface area contributed by atoms with E-state index in [9.17, 15) is 14.4 Å². The summed E-state index contributed by atoms with van der Waals surface area (Å²) in [5, 5.41) is 0. The number of esters is 3. The van der Waals surface area contributed by atoms with Gasteiger partial charge in [-0.3, -0.25) is 14.4 Å². The van der Waals surface area contributed by atoms with Crippen LogP contribution in [0.25, 0.3) is 0 Å². The molecule has 0 unspecified atom stereocenters. The van der Waals surface area contributed by atoms with Crippen LogP contribution in [0.2, 0.25) is 0 Å². The molecule has 0 N–H and O–H groups in total. The van der Waals surface area contributed by atoms with Crippen molar-refractivity contribution in [3.63, 3.8) is 0 Å². The summed E-state index contributed by atoms with van der Waals surface area (Å²) in [4.78, 5) is 36.3. The average molecular weight is 421 g/mol. The van der Waals surface area contributed by atoms with Crippen LogP contribution < -0.4 is 0 Å². The number of rotatable bonds is 6. The van der Waals surface area contributed by atoms with Crippen molar-refractivity contribution in [3.05, 3.63) is 34.9 Å². The van der Waals surface area contributed by atoms with Crippen molar-refractivity contribution in [1.29, 1.82) is 0 Å². The van der Waals surface area contributed by atoms with E-state index in [1.54, 1.807) is 62.3 Å². The maximum atomic E-state index is 12.1. The van der Waals surface area contributed by atoms with Crippen molar-refractivity contribution < 1.29 is 28.6 Å². The van der Waals surface area contributed by atoms with Crippen LogP contribution in [0.1, 0.15) is 79.0 Å². The Morgan fingerprint density at radius 1 is 0.533 bits per heavy atom. The van der Waals surface area contributed by atoms with E-state index in [4.69, 9.17) is 14.2 Å². The lowest BCUT2D eigenvalue weighted by molar-refractivity contribution is -0.154. The largest absolute Gasteiger partial charge is 0.460 e. The summed E-state index contributed by atoms with van der Waals surface area (Å²) >= 11 is 0. The van der Waals surface area contributed by atoms with Crippen LogP contribution in [-0.2, 0) is 48.4 Å². The maximum Gasteiger partial charge on any atom is 0.311 e. The van der Waals surface area contributed by atoms with Crippen molar-refractivity contribution in [2.24, 2.45) is 16.2 Å². The predicted octanol–water partition coefficient (Wildman–Crippen LogP) is 4.95. The van der Waals surface area contributed by atoms with Crippen molar-refractivity contribution in [3.8, 4) is 0 Å². The van der Waals surface area contributed by atoms with Crippen molar-refractivity contribution in [2.45, 2.75) is 82.1 Å². The molecule has 0 heterocycles. The molecule has 0 atom stereocenters. The third kappa shape index (κ3) is 8.56. The summed E-state index contributed by atoms with van der Waals surface area (Å²) < 4.78 is 16.2. The van der Waals surface area contributed by atoms with Crippen LogP contribution in [0.5, 0.6) is 0 Å². The van der Waals surface area contributed by atoms with E-state index in [0.29, 0.717) is 0 Å². The highest BCUT2D eigenvalue weighted by atomic mass is 16.5. The first-order valence-corrected chi connectivity index (χ1v) is 10.1. The minimum absolute atomic E-state index is 0.0807. The summed E-state index contributed by atoms with van der Waals surface area (Å²) in [6.07, 6.45) is 0. The molecule has 6 nitrogen and oxygen atoms in total. The molecule has 0 aliphatic rings. The van der Waals surface area contributed by atoms with Crippen molar-refractivity contribution in [1.82, 2.24) is 0 Å². The van der Waals surface area contributed by atoms with Gasteiger partial charge in [-0.15, -0.1) is 0 Å². The number of ether oxygens (including phenoxy) is 3. The highest BCUT2D eigenvalue weighted by Crippen LogP contribution is 2.21. The summed E-state index contributed by atoms with van der Waals surface area (Å²) in [6, 6.07) is 5.46. The molecule has 6 heteroatoms. The number of carbonyl (C=O) groups excluding carboxylic acids is 3. The second kappa shape index (κ2) is 9.63. The Bertz CT molecular complexity index is 655. The lowest BCUT2D eigenvalue weighted by Crippen LogP contribution is -2.23. The molecule has 168 valence electrons. The zero-order chi connectivity index (χ0) is 23.3. The van der Waals surface area contributed by atoms with Gasteiger partial charge in [0.2, 0.25) is 0 Å². The molecule has 1 aromatic rings. The summed E-state index contributed by atoms with van der Waals surface area (Å²) in [7, 11) is 0. The van der Waals surface area contributed by atoms with Gasteiger partial charge in [0.1, 0.15) is 19.8 Å². The minimum atomic E-state index is -0.606. The number of hydrogen-bond donors (Lipinski definition) is 0. The van der Waals surface area contributed by atoms with E-state index >= 15 is 0 Å². The van der Waals surface area contributed by atoms with Crippen LogP contribution in [0.4, 0.5) is 0 Å². The molecule has 1 aromatic carbocycles. The molecule has 1 rings (SSSR count). The number of benzene rings is 1. The molecule has 30 heavy (non-hydrogen) atoms. The quantitative estimate of drug-likeness (QED) is 0.478. The first-order chi connectivity index (χ1) is 13.5. The van der Waals surface area contributed by atoms with E-state index in [-0.39, 0.29) is 37.7 Å². The molecule has 0 aliphatic carbocycles. The molecule has 0 aliphatic heterocycles. The van der Waals surface area contributed by atoms with Crippen molar-refractivity contribution >= 4 is 17.9 Å². The summed E-state index contributed by atoms with van der Waals surface area (Å²) in [5.41, 5.74) is 0.386. The van der Waals surface area contributed by atoms with Gasteiger partial charge in [0, 0.05) is 0 Å². The second-order valence-electron chi connectivity index (χ2n) is 10.6. The van der Waals surface area contributed by atoms with E-state index in [0.717, 1.165) is 16.7 Å². The molecule has 0 saturated heterocycles. The van der Waals surface area contributed by atoms with Gasteiger partial charge < -0.3 is 14.2 Å². The first-order valence-electron chi connectivity index (χ1n) is 10.1. The Labute approximate surface area is 180 Å². The van der Waals surface area contributed by atoms with E-state index < -0.39 is 16.2 Å². The van der Waals surface area contributed by atoms with Crippen LogP contribution in [0.3, 0.4) is 0 Å². The van der Waals surface area contributed by atoms with Gasteiger partial charge in [0.25, 0.3) is 0 Å². The minimum Gasteiger partial charge on any atom is -0.460 e. The van der Waals surface area contributed by atoms with Gasteiger partial charge in [-0.05, 0) is 97.2 Å². The van der Waals surface area contributed by atoms with E-state index in [1.807, 2.05) is 18.2 Å². The van der Waals surface area contributed by atoms with Gasteiger partial charge in [-0.1, -0.05) is 0 Å². The lowest BCUT2D eigenvalue weighted by Gasteiger charge is -2.19. The van der Waals surface area contributed by atoms with Crippen LogP contribution in [0, 0.1) is 16.2 Å². The van der Waals surface area contributed by atoms with Gasteiger partial charge >= 0.3 is 17.9 Å². The zero-order valence-corrected chi connectivity index (χ0v) is 19.8. The van der Waals surface area contributed by atoms with Crippen LogP contribution >= 0.6 is 0 Å². The number of hydrogen-bond acceptors (Lipinski definition) is 6. The molecular weight excluding hydrogens is 384 g/mol. The van der Waals surface area contributed by atoms with Gasteiger partial charge in [0.15, 0.2) is 0 Å². The number of carbonyl (C=O) groups is 3. The second-order valence-corrected chi connectivity index (χ2v) is 10.6. The Morgan fingerprint density at radius 3 is 0.900 bits per heavy atom. The van der Waals surface area contributed by atoms with Crippen molar-refractivity contribution in [2.75, 3.05) is 0 Å². The fourth-order valence-electron chi connectivity index (χ4n) is 2.19. The van der Waals surface area contributed by atoms with E-state index in [2.05, 4.69) is 0 Å². The Hall–Kier alpha value is -2.37. The monoisotopic (exact) mass is 420 g/mol. The predicted molar refractivity (Wildman–Crippen MR) is 114 cm³/mol. The van der Waals surface area contributed by atoms with Gasteiger partial charge in [0.05, 0.1) is 16.2 Å². The molecule has 0 fully saturated rings. The normalized spacial score (nSPS) is 12.3.